The number of hydrogen-bond acceptors (Lipinski definition) is 1. The molecule has 8 atom stereocenters. The first-order valence-corrected chi connectivity index (χ1v) is 18.9. The molecule has 1 heteroatoms. The molecule has 3 fully saturated rings. The summed E-state index contributed by atoms with van der Waals surface area (Å²) in [6.07, 6.45) is 33.2. The Morgan fingerprint density at radius 1 is 0.816 bits per heavy atom. The predicted molar refractivity (Wildman–Crippen MR) is 172 cm³/mol. The molecule has 38 heavy (non-hydrogen) atoms. The maximum absolute atomic E-state index is 2.83. The lowest BCUT2D eigenvalue weighted by atomic mass is 9.46. The van der Waals surface area contributed by atoms with E-state index in [1.54, 1.807) is 0 Å². The van der Waals surface area contributed by atoms with Crippen LogP contribution in [0.3, 0.4) is 0 Å². The van der Waals surface area contributed by atoms with E-state index in [9.17, 15) is 0 Å². The van der Waals surface area contributed by atoms with Gasteiger partial charge in [0.05, 0.1) is 0 Å². The van der Waals surface area contributed by atoms with Gasteiger partial charge in [-0.3, -0.25) is 0 Å². The van der Waals surface area contributed by atoms with Crippen molar-refractivity contribution in [3.05, 3.63) is 11.6 Å². The minimum Gasteiger partial charge on any atom is -0.165 e. The molecule has 0 spiro atoms. The van der Waals surface area contributed by atoms with Gasteiger partial charge in [-0.2, -0.15) is 11.8 Å². The number of allylic oxidation sites excluding steroid dienone is 2. The van der Waals surface area contributed by atoms with E-state index in [2.05, 4.69) is 47.0 Å². The van der Waals surface area contributed by atoms with Gasteiger partial charge in [0.25, 0.3) is 0 Å². The van der Waals surface area contributed by atoms with Crippen LogP contribution in [0.1, 0.15) is 157 Å². The van der Waals surface area contributed by atoms with Gasteiger partial charge in [0.15, 0.2) is 0 Å². The monoisotopic (exact) mass is 542 g/mol. The molecule has 0 aromatic rings. The van der Waals surface area contributed by atoms with Crippen molar-refractivity contribution in [2.24, 2.45) is 52.3 Å². The molecule has 4 aliphatic carbocycles. The number of hydrogen-bond donors (Lipinski definition) is 0. The van der Waals surface area contributed by atoms with E-state index in [4.69, 9.17) is 0 Å². The Morgan fingerprint density at radius 2 is 1.55 bits per heavy atom. The van der Waals surface area contributed by atoms with Gasteiger partial charge in [-0.15, -0.1) is 0 Å². The zero-order chi connectivity index (χ0) is 27.2. The Balaban J connectivity index is 1.26. The second kappa shape index (κ2) is 14.3. The third kappa shape index (κ3) is 7.10. The van der Waals surface area contributed by atoms with E-state index in [-0.39, 0.29) is 0 Å². The standard InChI is InChI=1S/C37H66S/c1-28(2)15-14-16-29(3)33-20-21-34-32-19-18-31-27-30(17-12-10-8-7-9-11-13-26-38-6)22-24-36(31,4)35(32)23-25-37(33,34)5/h18,28-30,32-35H,7-17,19-27H2,1-6H3/t29?,30-,32?,33?,34?,35?,36?,37?/m0/s1. The smallest absolute Gasteiger partial charge is 0.00703 e. The van der Waals surface area contributed by atoms with Crippen molar-refractivity contribution >= 4 is 11.8 Å². The second-order valence-electron chi connectivity index (χ2n) is 15.7. The first kappa shape index (κ1) is 31.0. The lowest BCUT2D eigenvalue weighted by Crippen LogP contribution is -2.50. The molecule has 3 saturated carbocycles. The Bertz CT molecular complexity index is 737. The summed E-state index contributed by atoms with van der Waals surface area (Å²) in [4.78, 5) is 0. The van der Waals surface area contributed by atoms with Gasteiger partial charge < -0.3 is 0 Å². The van der Waals surface area contributed by atoms with Crippen LogP contribution in [0.15, 0.2) is 11.6 Å². The molecule has 0 aromatic carbocycles. The highest BCUT2D eigenvalue weighted by Gasteiger charge is 2.59. The highest BCUT2D eigenvalue weighted by atomic mass is 32.2. The Hall–Kier alpha value is 0.0900. The summed E-state index contributed by atoms with van der Waals surface area (Å²) in [6.45, 7) is 12.9. The maximum Gasteiger partial charge on any atom is -0.00703 e. The molecule has 0 aromatic heterocycles. The fourth-order valence-electron chi connectivity index (χ4n) is 10.6. The van der Waals surface area contributed by atoms with Crippen LogP contribution in [0.5, 0.6) is 0 Å². The topological polar surface area (TPSA) is 0 Å². The van der Waals surface area contributed by atoms with E-state index in [1.807, 2.05) is 17.3 Å². The molecule has 0 nitrogen and oxygen atoms in total. The summed E-state index contributed by atoms with van der Waals surface area (Å²) in [7, 11) is 0. The quantitative estimate of drug-likeness (QED) is 0.146. The second-order valence-corrected chi connectivity index (χ2v) is 16.6. The van der Waals surface area contributed by atoms with Gasteiger partial charge in [-0.25, -0.2) is 0 Å². The van der Waals surface area contributed by atoms with Crippen LogP contribution in [0, 0.1) is 52.3 Å². The minimum absolute atomic E-state index is 0.540. The van der Waals surface area contributed by atoms with Crippen LogP contribution < -0.4 is 0 Å². The third-order valence-electron chi connectivity index (χ3n) is 12.9. The summed E-state index contributed by atoms with van der Waals surface area (Å²) < 4.78 is 0. The highest BCUT2D eigenvalue weighted by Crippen LogP contribution is 2.67. The highest BCUT2D eigenvalue weighted by molar-refractivity contribution is 7.98. The lowest BCUT2D eigenvalue weighted by Gasteiger charge is -2.58. The van der Waals surface area contributed by atoms with Crippen molar-refractivity contribution in [1.82, 2.24) is 0 Å². The summed E-state index contributed by atoms with van der Waals surface area (Å²) in [5, 5.41) is 0. The normalized spacial score (nSPS) is 37.4. The first-order valence-electron chi connectivity index (χ1n) is 17.5. The third-order valence-corrected chi connectivity index (χ3v) is 13.6. The fourth-order valence-corrected chi connectivity index (χ4v) is 11.1. The van der Waals surface area contributed by atoms with Gasteiger partial charge >= 0.3 is 0 Å². The van der Waals surface area contributed by atoms with Crippen molar-refractivity contribution in [2.75, 3.05) is 12.0 Å². The molecule has 4 rings (SSSR count). The van der Waals surface area contributed by atoms with Gasteiger partial charge in [-0.1, -0.05) is 110 Å². The molecular formula is C37H66S. The molecule has 220 valence electrons. The molecule has 0 N–H and O–H groups in total. The summed E-state index contributed by atoms with van der Waals surface area (Å²) in [5.41, 5.74) is 3.09. The molecule has 0 amide bonds. The molecule has 0 aliphatic heterocycles. The zero-order valence-electron chi connectivity index (χ0n) is 26.7. The summed E-state index contributed by atoms with van der Waals surface area (Å²) in [5.74, 6) is 8.12. The van der Waals surface area contributed by atoms with E-state index in [1.165, 1.54) is 128 Å². The molecule has 4 aliphatic rings. The van der Waals surface area contributed by atoms with E-state index < -0.39 is 0 Å². The minimum atomic E-state index is 0.540. The van der Waals surface area contributed by atoms with Crippen molar-refractivity contribution in [2.45, 2.75) is 157 Å². The van der Waals surface area contributed by atoms with Crippen LogP contribution in [-0.4, -0.2) is 12.0 Å². The van der Waals surface area contributed by atoms with Crippen molar-refractivity contribution < 1.29 is 0 Å². The summed E-state index contributed by atoms with van der Waals surface area (Å²) >= 11 is 2.01. The largest absolute Gasteiger partial charge is 0.165 e. The van der Waals surface area contributed by atoms with Gasteiger partial charge in [0.1, 0.15) is 0 Å². The van der Waals surface area contributed by atoms with Gasteiger partial charge in [0, 0.05) is 0 Å². The molecule has 0 heterocycles. The van der Waals surface area contributed by atoms with Crippen LogP contribution in [0.25, 0.3) is 0 Å². The van der Waals surface area contributed by atoms with Crippen LogP contribution in [0.4, 0.5) is 0 Å². The van der Waals surface area contributed by atoms with E-state index in [0.717, 1.165) is 41.4 Å². The predicted octanol–water partition coefficient (Wildman–Crippen LogP) is 12.1. The van der Waals surface area contributed by atoms with Crippen LogP contribution in [-0.2, 0) is 0 Å². The molecule has 0 radical (unpaired) electrons. The van der Waals surface area contributed by atoms with Crippen molar-refractivity contribution in [3.63, 3.8) is 0 Å². The Kier molecular flexibility index (Phi) is 11.7. The molecular weight excluding hydrogens is 476 g/mol. The SMILES string of the molecule is CSCCCCCCCCC[C@H]1CCC2(C)C(=CCC3C2CCC2(C)C(C(C)CCCC(C)C)CCC32)C1. The van der Waals surface area contributed by atoms with E-state index >= 15 is 0 Å². The van der Waals surface area contributed by atoms with Crippen LogP contribution >= 0.6 is 11.8 Å². The summed E-state index contributed by atoms with van der Waals surface area (Å²) in [6, 6.07) is 0. The number of fused-ring (bicyclic) bond motifs is 5. The average molecular weight is 543 g/mol. The van der Waals surface area contributed by atoms with Crippen molar-refractivity contribution in [1.29, 1.82) is 0 Å². The van der Waals surface area contributed by atoms with Crippen LogP contribution in [0.2, 0.25) is 0 Å². The van der Waals surface area contributed by atoms with Gasteiger partial charge in [-0.05, 0) is 122 Å². The first-order chi connectivity index (χ1) is 18.3. The number of rotatable bonds is 15. The molecule has 0 bridgehead atoms. The Morgan fingerprint density at radius 3 is 2.29 bits per heavy atom. The lowest BCUT2D eigenvalue weighted by molar-refractivity contribution is -0.0529. The molecule has 7 unspecified atom stereocenters. The average Bonchev–Trinajstić information content (AvgIpc) is 3.25. The van der Waals surface area contributed by atoms with Crippen molar-refractivity contribution in [3.8, 4) is 0 Å². The number of thioether (sulfide) groups is 1. The number of unbranched alkanes of at least 4 members (excludes halogenated alkanes) is 6. The Labute approximate surface area is 243 Å². The maximum atomic E-state index is 2.83. The molecule has 0 saturated heterocycles. The van der Waals surface area contributed by atoms with Gasteiger partial charge in [0.2, 0.25) is 0 Å². The fraction of sp³-hybridized carbons (Fsp3) is 0.946. The van der Waals surface area contributed by atoms with E-state index in [0.29, 0.717) is 10.8 Å². The zero-order valence-corrected chi connectivity index (χ0v) is 27.5.